The molecule has 0 saturated carbocycles. The van der Waals surface area contributed by atoms with Crippen molar-refractivity contribution < 1.29 is 9.53 Å². The third-order valence-electron chi connectivity index (χ3n) is 3.99. The van der Waals surface area contributed by atoms with Crippen LogP contribution in [0.25, 0.3) is 0 Å². The third kappa shape index (κ3) is 3.28. The average Bonchev–Trinajstić information content (AvgIpc) is 2.57. The van der Waals surface area contributed by atoms with Gasteiger partial charge in [0.25, 0.3) is 5.91 Å². The van der Waals surface area contributed by atoms with E-state index in [2.05, 4.69) is 17.1 Å². The summed E-state index contributed by atoms with van der Waals surface area (Å²) in [5.41, 5.74) is 7.04. The van der Waals surface area contributed by atoms with Crippen molar-refractivity contribution in [2.24, 2.45) is 0 Å². The first-order valence-electron chi connectivity index (χ1n) is 7.97. The summed E-state index contributed by atoms with van der Waals surface area (Å²) in [5, 5.41) is 0. The topological polar surface area (TPSA) is 68.5 Å². The van der Waals surface area contributed by atoms with Crippen molar-refractivity contribution in [3.05, 3.63) is 48.0 Å². The van der Waals surface area contributed by atoms with Gasteiger partial charge in [-0.3, -0.25) is 9.69 Å². The van der Waals surface area contributed by atoms with E-state index in [9.17, 15) is 4.79 Å². The van der Waals surface area contributed by atoms with Gasteiger partial charge in [-0.1, -0.05) is 37.3 Å². The maximum absolute atomic E-state index is 12.6. The number of nitrogens with two attached hydrogens (primary N) is 1. The molecule has 0 saturated heterocycles. The zero-order chi connectivity index (χ0) is 16.2. The summed E-state index contributed by atoms with van der Waals surface area (Å²) in [6.45, 7) is 2.55. The van der Waals surface area contributed by atoms with Gasteiger partial charge in [0.2, 0.25) is 0 Å². The Morgan fingerprint density at radius 3 is 2.74 bits per heavy atom. The molecule has 2 heterocycles. The summed E-state index contributed by atoms with van der Waals surface area (Å²) >= 11 is 0. The summed E-state index contributed by atoms with van der Waals surface area (Å²) in [6, 6.07) is 13.7. The van der Waals surface area contributed by atoms with Crippen LogP contribution in [0, 0.1) is 0 Å². The number of fused-ring (bicyclic) bond motifs is 1. The molecule has 1 aliphatic rings. The van der Waals surface area contributed by atoms with Crippen LogP contribution in [-0.2, 0) is 11.2 Å². The quantitative estimate of drug-likeness (QED) is 0.922. The first-order chi connectivity index (χ1) is 11.2. The molecule has 5 heteroatoms. The number of benzene rings is 1. The van der Waals surface area contributed by atoms with Gasteiger partial charge < -0.3 is 10.5 Å². The summed E-state index contributed by atoms with van der Waals surface area (Å²) in [7, 11) is 0. The van der Waals surface area contributed by atoms with Gasteiger partial charge in [-0.2, -0.15) is 0 Å². The molecule has 23 heavy (non-hydrogen) atoms. The highest BCUT2D eigenvalue weighted by Crippen LogP contribution is 2.33. The van der Waals surface area contributed by atoms with Gasteiger partial charge in [0.1, 0.15) is 5.82 Å². The fourth-order valence-electron chi connectivity index (χ4n) is 2.78. The van der Waals surface area contributed by atoms with E-state index in [1.54, 1.807) is 17.0 Å². The van der Waals surface area contributed by atoms with Crippen LogP contribution in [0.2, 0.25) is 0 Å². The minimum Gasteiger partial charge on any atom is -0.477 e. The van der Waals surface area contributed by atoms with E-state index in [0.29, 0.717) is 30.4 Å². The maximum atomic E-state index is 12.6. The molecule has 120 valence electrons. The number of hydrogen-bond donors (Lipinski definition) is 1. The number of aryl methyl sites for hydroxylation is 1. The second kappa shape index (κ2) is 6.69. The zero-order valence-electron chi connectivity index (χ0n) is 13.2. The molecule has 1 aliphatic heterocycles. The van der Waals surface area contributed by atoms with E-state index in [1.807, 2.05) is 25.1 Å². The largest absolute Gasteiger partial charge is 0.477 e. The summed E-state index contributed by atoms with van der Waals surface area (Å²) in [4.78, 5) is 18.6. The van der Waals surface area contributed by atoms with Gasteiger partial charge in [-0.05, 0) is 37.0 Å². The van der Waals surface area contributed by atoms with E-state index >= 15 is 0 Å². The van der Waals surface area contributed by atoms with Gasteiger partial charge in [0.05, 0.1) is 0 Å². The third-order valence-corrected chi connectivity index (χ3v) is 3.99. The molecule has 1 unspecified atom stereocenters. The van der Waals surface area contributed by atoms with Crippen molar-refractivity contribution in [2.75, 3.05) is 17.2 Å². The lowest BCUT2D eigenvalue weighted by Gasteiger charge is -2.33. The molecule has 1 atom stereocenters. The van der Waals surface area contributed by atoms with Crippen LogP contribution in [0.4, 0.5) is 11.6 Å². The number of amides is 1. The Morgan fingerprint density at radius 2 is 2.00 bits per heavy atom. The number of ether oxygens (including phenoxy) is 1. The molecule has 2 N–H and O–H groups in total. The molecule has 1 aromatic heterocycles. The Kier molecular flexibility index (Phi) is 4.46. The molecular weight excluding hydrogens is 290 g/mol. The maximum Gasteiger partial charge on any atom is 0.269 e. The Bertz CT molecular complexity index is 688. The van der Waals surface area contributed by atoms with Gasteiger partial charge >= 0.3 is 0 Å². The lowest BCUT2D eigenvalue weighted by molar-refractivity contribution is -0.126. The van der Waals surface area contributed by atoms with E-state index < -0.39 is 6.10 Å². The molecule has 1 amide bonds. The van der Waals surface area contributed by atoms with E-state index in [0.717, 1.165) is 12.8 Å². The monoisotopic (exact) mass is 311 g/mol. The van der Waals surface area contributed by atoms with Crippen LogP contribution in [0.3, 0.4) is 0 Å². The summed E-state index contributed by atoms with van der Waals surface area (Å²) in [6.07, 6.45) is 1.98. The van der Waals surface area contributed by atoms with E-state index in [4.69, 9.17) is 10.5 Å². The Labute approximate surface area is 136 Å². The highest BCUT2D eigenvalue weighted by Gasteiger charge is 2.34. The number of rotatable bonds is 5. The number of nitrogens with zero attached hydrogens (tertiary/aromatic N) is 2. The van der Waals surface area contributed by atoms with Gasteiger partial charge in [-0.25, -0.2) is 4.98 Å². The number of aromatic nitrogens is 1. The SMILES string of the molecule is CCC1Oc2ccc(N)nc2N(CCCc2ccccc2)C1=O. The fourth-order valence-corrected chi connectivity index (χ4v) is 2.78. The zero-order valence-corrected chi connectivity index (χ0v) is 13.2. The Hall–Kier alpha value is -2.56. The van der Waals surface area contributed by atoms with E-state index in [1.165, 1.54) is 5.56 Å². The highest BCUT2D eigenvalue weighted by atomic mass is 16.5. The fraction of sp³-hybridized carbons (Fsp3) is 0.333. The molecule has 1 aromatic carbocycles. The van der Waals surface area contributed by atoms with Crippen LogP contribution in [0.5, 0.6) is 5.75 Å². The predicted molar refractivity (Wildman–Crippen MR) is 90.5 cm³/mol. The lowest BCUT2D eigenvalue weighted by Crippen LogP contribution is -2.46. The van der Waals surface area contributed by atoms with Gasteiger partial charge in [-0.15, -0.1) is 0 Å². The molecule has 0 spiro atoms. The molecular formula is C18H21N3O2. The summed E-state index contributed by atoms with van der Waals surface area (Å²) in [5.74, 6) is 1.52. The molecule has 0 bridgehead atoms. The number of carbonyl (C=O) groups excluding carboxylic acids is 1. The number of anilines is 2. The summed E-state index contributed by atoms with van der Waals surface area (Å²) < 4.78 is 5.73. The first-order valence-corrected chi connectivity index (χ1v) is 7.97. The number of hydrogen-bond acceptors (Lipinski definition) is 4. The number of carbonyl (C=O) groups is 1. The second-order valence-corrected chi connectivity index (χ2v) is 5.65. The number of pyridine rings is 1. The van der Waals surface area contributed by atoms with Gasteiger partial charge in [0, 0.05) is 6.54 Å². The molecule has 3 rings (SSSR count). The van der Waals surface area contributed by atoms with Crippen LogP contribution in [0.1, 0.15) is 25.3 Å². The van der Waals surface area contributed by atoms with Crippen molar-refractivity contribution in [1.29, 1.82) is 0 Å². The van der Waals surface area contributed by atoms with Gasteiger partial charge in [0.15, 0.2) is 17.7 Å². The second-order valence-electron chi connectivity index (χ2n) is 5.65. The standard InChI is InChI=1S/C18H21N3O2/c1-2-14-18(22)21(12-6-9-13-7-4-3-5-8-13)17-15(23-14)10-11-16(19)20-17/h3-5,7-8,10-11,14H,2,6,9,12H2,1H3,(H2,19,20). The van der Waals surface area contributed by atoms with Crippen LogP contribution >= 0.6 is 0 Å². The van der Waals surface area contributed by atoms with Crippen molar-refractivity contribution in [3.63, 3.8) is 0 Å². The molecule has 0 fully saturated rings. The van der Waals surface area contributed by atoms with Crippen LogP contribution in [0.15, 0.2) is 42.5 Å². The van der Waals surface area contributed by atoms with Crippen molar-refractivity contribution in [1.82, 2.24) is 4.98 Å². The predicted octanol–water partition coefficient (Wildman–Crippen LogP) is 2.80. The van der Waals surface area contributed by atoms with Crippen molar-refractivity contribution in [3.8, 4) is 5.75 Å². The average molecular weight is 311 g/mol. The van der Waals surface area contributed by atoms with Crippen molar-refractivity contribution >= 4 is 17.5 Å². The Balaban J connectivity index is 1.76. The Morgan fingerprint density at radius 1 is 1.22 bits per heavy atom. The molecule has 0 radical (unpaired) electrons. The normalized spacial score (nSPS) is 16.8. The number of nitrogen functional groups attached to an aromatic ring is 1. The van der Waals surface area contributed by atoms with Crippen molar-refractivity contribution in [2.45, 2.75) is 32.3 Å². The molecule has 0 aliphatic carbocycles. The molecule has 2 aromatic rings. The smallest absolute Gasteiger partial charge is 0.269 e. The molecule has 5 nitrogen and oxygen atoms in total. The van der Waals surface area contributed by atoms with E-state index in [-0.39, 0.29) is 5.91 Å². The first kappa shape index (κ1) is 15.3. The lowest BCUT2D eigenvalue weighted by atomic mass is 10.1. The van der Waals surface area contributed by atoms with Crippen LogP contribution in [-0.4, -0.2) is 23.5 Å². The van der Waals surface area contributed by atoms with Crippen LogP contribution < -0.4 is 15.4 Å². The minimum atomic E-state index is -0.440. The minimum absolute atomic E-state index is 0.0360. The highest BCUT2D eigenvalue weighted by molar-refractivity contribution is 5.99.